The van der Waals surface area contributed by atoms with E-state index < -0.39 is 0 Å². The van der Waals surface area contributed by atoms with Crippen LogP contribution in [0.3, 0.4) is 0 Å². The third kappa shape index (κ3) is 4.39. The maximum absolute atomic E-state index is 12.1. The van der Waals surface area contributed by atoms with Gasteiger partial charge in [0.2, 0.25) is 0 Å². The Hall–Kier alpha value is -1.26. The predicted molar refractivity (Wildman–Crippen MR) is 88.5 cm³/mol. The number of benzene rings is 2. The van der Waals surface area contributed by atoms with Crippen LogP contribution >= 0.6 is 28.6 Å². The largest absolute Gasteiger partial charge is 0.352 e. The Morgan fingerprint density at radius 2 is 1.90 bits per heavy atom. The van der Waals surface area contributed by atoms with Crippen LogP contribution in [0.15, 0.2) is 57.9 Å². The highest BCUT2D eigenvalue weighted by molar-refractivity contribution is 9.10. The van der Waals surface area contributed by atoms with Crippen molar-refractivity contribution in [3.8, 4) is 0 Å². The Balaban J connectivity index is 1.82. The number of hydrogen-bond donors (Lipinski definition) is 2. The smallest absolute Gasteiger partial charge is 0.252 e. The average molecular weight is 350 g/mol. The Bertz CT molecular complexity index is 586. The third-order valence-electron chi connectivity index (χ3n) is 2.97. The number of aryl methyl sites for hydroxylation is 1. The molecule has 0 aromatic heterocycles. The summed E-state index contributed by atoms with van der Waals surface area (Å²) in [5.74, 6) is -0.0687. The monoisotopic (exact) mass is 349 g/mol. The summed E-state index contributed by atoms with van der Waals surface area (Å²) in [6.45, 7) is 0.664. The van der Waals surface area contributed by atoms with Gasteiger partial charge < -0.3 is 5.32 Å². The van der Waals surface area contributed by atoms with Crippen LogP contribution in [0.2, 0.25) is 0 Å². The number of hydrogen-bond acceptors (Lipinski definition) is 2. The molecule has 4 heteroatoms. The van der Waals surface area contributed by atoms with Gasteiger partial charge in [0.15, 0.2) is 0 Å². The quantitative estimate of drug-likeness (QED) is 0.617. The normalized spacial score (nSPS) is 10.3. The molecule has 0 spiro atoms. The van der Waals surface area contributed by atoms with Gasteiger partial charge in [-0.05, 0) is 52.5 Å². The number of thiol groups is 1. The summed E-state index contributed by atoms with van der Waals surface area (Å²) in [4.78, 5) is 12.8. The van der Waals surface area contributed by atoms with E-state index in [1.54, 1.807) is 6.07 Å². The van der Waals surface area contributed by atoms with Crippen molar-refractivity contribution in [2.45, 2.75) is 17.7 Å². The van der Waals surface area contributed by atoms with Crippen molar-refractivity contribution in [1.29, 1.82) is 0 Å². The Kier molecular flexibility index (Phi) is 5.68. The van der Waals surface area contributed by atoms with Crippen molar-refractivity contribution >= 4 is 34.5 Å². The lowest BCUT2D eigenvalue weighted by molar-refractivity contribution is 0.0952. The molecule has 0 aliphatic rings. The average Bonchev–Trinajstić information content (AvgIpc) is 2.47. The fourth-order valence-corrected chi connectivity index (χ4v) is 2.55. The van der Waals surface area contributed by atoms with Gasteiger partial charge in [0.1, 0.15) is 0 Å². The lowest BCUT2D eigenvalue weighted by Gasteiger charge is -2.07. The van der Waals surface area contributed by atoms with E-state index in [1.165, 1.54) is 5.56 Å². The molecule has 20 heavy (non-hydrogen) atoms. The molecule has 0 atom stereocenters. The first-order chi connectivity index (χ1) is 9.66. The van der Waals surface area contributed by atoms with Crippen LogP contribution in [0.5, 0.6) is 0 Å². The van der Waals surface area contributed by atoms with Gasteiger partial charge in [-0.1, -0.05) is 30.3 Å². The van der Waals surface area contributed by atoms with Gasteiger partial charge in [-0.3, -0.25) is 4.79 Å². The second kappa shape index (κ2) is 7.50. The van der Waals surface area contributed by atoms with Crippen LogP contribution in [0.1, 0.15) is 22.3 Å². The van der Waals surface area contributed by atoms with Gasteiger partial charge in [0.25, 0.3) is 5.91 Å². The van der Waals surface area contributed by atoms with E-state index in [-0.39, 0.29) is 5.91 Å². The van der Waals surface area contributed by atoms with E-state index in [9.17, 15) is 4.79 Å². The Morgan fingerprint density at radius 1 is 1.15 bits per heavy atom. The molecule has 2 nitrogen and oxygen atoms in total. The number of nitrogens with one attached hydrogen (secondary N) is 1. The number of rotatable bonds is 5. The zero-order valence-electron chi connectivity index (χ0n) is 11.0. The van der Waals surface area contributed by atoms with Crippen molar-refractivity contribution in [2.24, 2.45) is 0 Å². The molecule has 2 aromatic carbocycles. The van der Waals surface area contributed by atoms with Gasteiger partial charge in [-0.15, -0.1) is 12.6 Å². The summed E-state index contributed by atoms with van der Waals surface area (Å²) in [6, 6.07) is 15.7. The van der Waals surface area contributed by atoms with Gasteiger partial charge in [0, 0.05) is 15.9 Å². The van der Waals surface area contributed by atoms with Gasteiger partial charge in [-0.25, -0.2) is 0 Å². The fourth-order valence-electron chi connectivity index (χ4n) is 1.92. The van der Waals surface area contributed by atoms with E-state index >= 15 is 0 Å². The summed E-state index contributed by atoms with van der Waals surface area (Å²) in [5, 5.41) is 2.93. The molecule has 0 saturated carbocycles. The summed E-state index contributed by atoms with van der Waals surface area (Å²) in [6.07, 6.45) is 1.89. The zero-order valence-corrected chi connectivity index (χ0v) is 13.5. The minimum absolute atomic E-state index is 0.0687. The first-order valence-corrected chi connectivity index (χ1v) is 7.71. The Morgan fingerprint density at radius 3 is 2.65 bits per heavy atom. The second-order valence-corrected chi connectivity index (χ2v) is 5.88. The summed E-state index contributed by atoms with van der Waals surface area (Å²) in [7, 11) is 0. The molecule has 1 amide bonds. The maximum Gasteiger partial charge on any atom is 0.252 e. The number of halogens is 1. The lowest BCUT2D eigenvalue weighted by Crippen LogP contribution is -2.25. The molecule has 2 aromatic rings. The Labute approximate surface area is 133 Å². The number of carbonyl (C=O) groups is 1. The molecular weight excluding hydrogens is 334 g/mol. The second-order valence-electron chi connectivity index (χ2n) is 4.51. The van der Waals surface area contributed by atoms with Gasteiger partial charge in [-0.2, -0.15) is 0 Å². The summed E-state index contributed by atoms with van der Waals surface area (Å²) < 4.78 is 0.788. The fraction of sp³-hybridized carbons (Fsp3) is 0.188. The molecule has 0 aliphatic carbocycles. The lowest BCUT2D eigenvalue weighted by atomic mass is 10.1. The van der Waals surface area contributed by atoms with Crippen molar-refractivity contribution < 1.29 is 4.79 Å². The molecule has 0 unspecified atom stereocenters. The molecule has 1 N–H and O–H groups in total. The molecule has 0 fully saturated rings. The molecule has 2 rings (SSSR count). The number of amides is 1. The highest BCUT2D eigenvalue weighted by Gasteiger charge is 2.09. The van der Waals surface area contributed by atoms with E-state index in [0.29, 0.717) is 12.1 Å². The first-order valence-electron chi connectivity index (χ1n) is 6.47. The van der Waals surface area contributed by atoms with Crippen molar-refractivity contribution in [1.82, 2.24) is 5.32 Å². The molecule has 0 saturated heterocycles. The number of carbonyl (C=O) groups excluding carboxylic acids is 1. The van der Waals surface area contributed by atoms with E-state index in [0.717, 1.165) is 22.2 Å². The highest BCUT2D eigenvalue weighted by Crippen LogP contribution is 2.20. The molecule has 0 aliphatic heterocycles. The summed E-state index contributed by atoms with van der Waals surface area (Å²) >= 11 is 7.63. The van der Waals surface area contributed by atoms with Gasteiger partial charge >= 0.3 is 0 Å². The zero-order chi connectivity index (χ0) is 14.4. The molecule has 0 bridgehead atoms. The minimum atomic E-state index is -0.0687. The van der Waals surface area contributed by atoms with Crippen LogP contribution in [-0.2, 0) is 6.42 Å². The van der Waals surface area contributed by atoms with Crippen LogP contribution in [0.4, 0.5) is 0 Å². The van der Waals surface area contributed by atoms with Crippen LogP contribution < -0.4 is 5.32 Å². The third-order valence-corrected chi connectivity index (χ3v) is 3.93. The molecule has 104 valence electrons. The summed E-state index contributed by atoms with van der Waals surface area (Å²) in [5.41, 5.74) is 1.91. The molecule has 0 radical (unpaired) electrons. The maximum atomic E-state index is 12.1. The van der Waals surface area contributed by atoms with E-state index in [1.807, 2.05) is 30.3 Å². The topological polar surface area (TPSA) is 29.1 Å². The van der Waals surface area contributed by atoms with Crippen LogP contribution in [0.25, 0.3) is 0 Å². The van der Waals surface area contributed by atoms with Gasteiger partial charge in [0.05, 0.1) is 5.56 Å². The van der Waals surface area contributed by atoms with Crippen molar-refractivity contribution in [3.05, 3.63) is 64.1 Å². The van der Waals surface area contributed by atoms with Crippen LogP contribution in [0, 0.1) is 0 Å². The van der Waals surface area contributed by atoms with Crippen molar-refractivity contribution in [2.75, 3.05) is 6.54 Å². The predicted octanol–water partition coefficient (Wildman–Crippen LogP) is 4.10. The molecular formula is C16H16BrNOS. The van der Waals surface area contributed by atoms with Crippen molar-refractivity contribution in [3.63, 3.8) is 0 Å². The first kappa shape index (κ1) is 15.1. The standard InChI is InChI=1S/C16H16BrNOS/c17-15-9-8-13(20)11-14(15)16(19)18-10-4-7-12-5-2-1-3-6-12/h1-3,5-6,8-9,11,20H,4,7,10H2,(H,18,19). The van der Waals surface area contributed by atoms with E-state index in [2.05, 4.69) is 46.0 Å². The van der Waals surface area contributed by atoms with E-state index in [4.69, 9.17) is 0 Å². The SMILES string of the molecule is O=C(NCCCc1ccccc1)c1cc(S)ccc1Br. The van der Waals surface area contributed by atoms with Crippen LogP contribution in [-0.4, -0.2) is 12.5 Å². The highest BCUT2D eigenvalue weighted by atomic mass is 79.9. The minimum Gasteiger partial charge on any atom is -0.352 e. The molecule has 0 heterocycles.